The van der Waals surface area contributed by atoms with E-state index in [0.29, 0.717) is 11.7 Å². The number of Topliss-reactive ketones (excluding diaryl/α,β-unsaturated/α-hetero) is 1. The van der Waals surface area contributed by atoms with Crippen molar-refractivity contribution in [2.45, 2.75) is 25.2 Å². The van der Waals surface area contributed by atoms with Crippen LogP contribution in [0.4, 0.5) is 5.69 Å². The minimum absolute atomic E-state index is 0.162. The van der Waals surface area contributed by atoms with Crippen LogP contribution in [0.1, 0.15) is 30.7 Å². The van der Waals surface area contributed by atoms with Crippen molar-refractivity contribution in [2.75, 3.05) is 11.9 Å². The van der Waals surface area contributed by atoms with Gasteiger partial charge in [0.05, 0.1) is 0 Å². The monoisotopic (exact) mass is 201 g/mol. The molecule has 1 aromatic carbocycles. The van der Waals surface area contributed by atoms with Crippen molar-refractivity contribution < 1.29 is 4.79 Å². The predicted molar refractivity (Wildman–Crippen MR) is 60.0 cm³/mol. The van der Waals surface area contributed by atoms with Crippen molar-refractivity contribution in [1.29, 1.82) is 0 Å². The highest BCUT2D eigenvalue weighted by Crippen LogP contribution is 2.40. The first-order valence-electron chi connectivity index (χ1n) is 5.73. The molecule has 1 fully saturated rings. The van der Waals surface area contributed by atoms with Crippen LogP contribution in [-0.4, -0.2) is 12.3 Å². The number of anilines is 1. The van der Waals surface area contributed by atoms with E-state index in [2.05, 4.69) is 17.4 Å². The molecule has 0 aromatic heterocycles. The van der Waals surface area contributed by atoms with E-state index in [9.17, 15) is 4.79 Å². The predicted octanol–water partition coefficient (Wildman–Crippen LogP) is 2.56. The van der Waals surface area contributed by atoms with Crippen LogP contribution in [0.2, 0.25) is 0 Å². The molecule has 1 aliphatic carbocycles. The SMILES string of the molecule is O=C(C1CC1)C1CCNc2ccccc21. The van der Waals surface area contributed by atoms with E-state index in [4.69, 9.17) is 0 Å². The second kappa shape index (κ2) is 3.37. The smallest absolute Gasteiger partial charge is 0.143 e. The average Bonchev–Trinajstić information content (AvgIpc) is 3.11. The lowest BCUT2D eigenvalue weighted by molar-refractivity contribution is -0.121. The second-order valence-corrected chi connectivity index (χ2v) is 4.53. The van der Waals surface area contributed by atoms with Gasteiger partial charge in [-0.3, -0.25) is 4.79 Å². The zero-order chi connectivity index (χ0) is 10.3. The molecule has 0 radical (unpaired) electrons. The Balaban J connectivity index is 1.94. The van der Waals surface area contributed by atoms with Gasteiger partial charge in [0.2, 0.25) is 0 Å². The first-order chi connectivity index (χ1) is 7.36. The summed E-state index contributed by atoms with van der Waals surface area (Å²) in [5.74, 6) is 1.01. The second-order valence-electron chi connectivity index (χ2n) is 4.53. The quantitative estimate of drug-likeness (QED) is 0.796. The lowest BCUT2D eigenvalue weighted by Gasteiger charge is -2.25. The third kappa shape index (κ3) is 1.54. The molecular formula is C13H15NO. The lowest BCUT2D eigenvalue weighted by atomic mass is 9.86. The number of rotatable bonds is 2. The maximum absolute atomic E-state index is 12.1. The molecule has 1 aromatic rings. The molecule has 0 spiro atoms. The summed E-state index contributed by atoms with van der Waals surface area (Å²) in [6.07, 6.45) is 3.20. The van der Waals surface area contributed by atoms with Crippen LogP contribution in [0.25, 0.3) is 0 Å². The number of carbonyl (C=O) groups excluding carboxylic acids is 1. The number of nitrogens with one attached hydrogen (secondary N) is 1. The van der Waals surface area contributed by atoms with Crippen LogP contribution in [0, 0.1) is 5.92 Å². The number of hydrogen-bond acceptors (Lipinski definition) is 2. The third-order valence-electron chi connectivity index (χ3n) is 3.41. The molecule has 1 aliphatic heterocycles. The van der Waals surface area contributed by atoms with E-state index in [1.807, 2.05) is 12.1 Å². The van der Waals surface area contributed by atoms with Crippen molar-refractivity contribution in [3.05, 3.63) is 29.8 Å². The summed E-state index contributed by atoms with van der Waals surface area (Å²) in [4.78, 5) is 12.1. The molecular weight excluding hydrogens is 186 g/mol. The van der Waals surface area contributed by atoms with E-state index in [1.54, 1.807) is 0 Å². The third-order valence-corrected chi connectivity index (χ3v) is 3.41. The van der Waals surface area contributed by atoms with Crippen molar-refractivity contribution in [1.82, 2.24) is 0 Å². The summed E-state index contributed by atoms with van der Waals surface area (Å²) >= 11 is 0. The topological polar surface area (TPSA) is 29.1 Å². The van der Waals surface area contributed by atoms with Crippen LogP contribution >= 0.6 is 0 Å². The zero-order valence-corrected chi connectivity index (χ0v) is 8.70. The number of hydrogen-bond donors (Lipinski definition) is 1. The number of para-hydroxylation sites is 1. The highest BCUT2D eigenvalue weighted by Gasteiger charge is 2.36. The van der Waals surface area contributed by atoms with E-state index in [-0.39, 0.29) is 5.92 Å². The van der Waals surface area contributed by atoms with Gasteiger partial charge < -0.3 is 5.32 Å². The summed E-state index contributed by atoms with van der Waals surface area (Å²) in [5, 5.41) is 3.35. The first-order valence-corrected chi connectivity index (χ1v) is 5.73. The molecule has 1 unspecified atom stereocenters. The van der Waals surface area contributed by atoms with Gasteiger partial charge >= 0.3 is 0 Å². The highest BCUT2D eigenvalue weighted by molar-refractivity contribution is 5.91. The van der Waals surface area contributed by atoms with Crippen LogP contribution in [0.5, 0.6) is 0 Å². The molecule has 1 atom stereocenters. The Bertz CT molecular complexity index is 395. The van der Waals surface area contributed by atoms with Gasteiger partial charge in [-0.1, -0.05) is 18.2 Å². The van der Waals surface area contributed by atoms with Crippen LogP contribution in [0.15, 0.2) is 24.3 Å². The minimum atomic E-state index is 0.162. The van der Waals surface area contributed by atoms with Crippen molar-refractivity contribution >= 4 is 11.5 Å². The lowest BCUT2D eigenvalue weighted by Crippen LogP contribution is -2.23. The molecule has 1 N–H and O–H groups in total. The largest absolute Gasteiger partial charge is 0.385 e. The molecule has 15 heavy (non-hydrogen) atoms. The van der Waals surface area contributed by atoms with Crippen LogP contribution < -0.4 is 5.32 Å². The maximum Gasteiger partial charge on any atom is 0.143 e. The molecule has 2 aliphatic rings. The summed E-state index contributed by atoms with van der Waals surface area (Å²) in [7, 11) is 0. The van der Waals surface area contributed by atoms with E-state index >= 15 is 0 Å². The van der Waals surface area contributed by atoms with Gasteiger partial charge in [0.25, 0.3) is 0 Å². The fourth-order valence-electron chi connectivity index (χ4n) is 2.42. The summed E-state index contributed by atoms with van der Waals surface area (Å²) in [5.41, 5.74) is 2.36. The van der Waals surface area contributed by atoms with Crippen molar-refractivity contribution in [2.24, 2.45) is 5.92 Å². The van der Waals surface area contributed by atoms with Gasteiger partial charge in [-0.05, 0) is 30.9 Å². The van der Waals surface area contributed by atoms with Gasteiger partial charge in [-0.2, -0.15) is 0 Å². The number of carbonyl (C=O) groups is 1. The Hall–Kier alpha value is -1.31. The molecule has 1 heterocycles. The molecule has 3 rings (SSSR count). The fraction of sp³-hybridized carbons (Fsp3) is 0.462. The Morgan fingerprint density at radius 3 is 2.80 bits per heavy atom. The van der Waals surface area contributed by atoms with E-state index in [1.165, 1.54) is 5.56 Å². The van der Waals surface area contributed by atoms with Gasteiger partial charge in [0.15, 0.2) is 0 Å². The van der Waals surface area contributed by atoms with Crippen molar-refractivity contribution in [3.63, 3.8) is 0 Å². The Morgan fingerprint density at radius 2 is 2.00 bits per heavy atom. The fourth-order valence-corrected chi connectivity index (χ4v) is 2.42. The molecule has 0 bridgehead atoms. The van der Waals surface area contributed by atoms with Gasteiger partial charge in [0, 0.05) is 24.1 Å². The summed E-state index contributed by atoms with van der Waals surface area (Å²) < 4.78 is 0. The number of ketones is 1. The normalized spacial score (nSPS) is 24.1. The number of benzene rings is 1. The zero-order valence-electron chi connectivity index (χ0n) is 8.70. The highest BCUT2D eigenvalue weighted by atomic mass is 16.1. The average molecular weight is 201 g/mol. The summed E-state index contributed by atoms with van der Waals surface area (Å²) in [6.45, 7) is 0.931. The molecule has 2 nitrogen and oxygen atoms in total. The van der Waals surface area contributed by atoms with Crippen LogP contribution in [-0.2, 0) is 4.79 Å². The Kier molecular flexibility index (Phi) is 2.01. The Morgan fingerprint density at radius 1 is 1.20 bits per heavy atom. The molecule has 2 heteroatoms. The van der Waals surface area contributed by atoms with Gasteiger partial charge in [-0.15, -0.1) is 0 Å². The Labute approximate surface area is 89.7 Å². The first kappa shape index (κ1) is 8.96. The summed E-state index contributed by atoms with van der Waals surface area (Å²) in [6, 6.07) is 8.21. The molecule has 1 saturated carbocycles. The van der Waals surface area contributed by atoms with E-state index < -0.39 is 0 Å². The number of fused-ring (bicyclic) bond motifs is 1. The maximum atomic E-state index is 12.1. The van der Waals surface area contributed by atoms with E-state index in [0.717, 1.165) is 31.5 Å². The minimum Gasteiger partial charge on any atom is -0.385 e. The van der Waals surface area contributed by atoms with Crippen molar-refractivity contribution in [3.8, 4) is 0 Å². The van der Waals surface area contributed by atoms with Gasteiger partial charge in [-0.25, -0.2) is 0 Å². The molecule has 0 amide bonds. The molecule has 78 valence electrons. The standard InChI is InChI=1S/C13H15NO/c15-13(9-5-6-9)11-7-8-14-12-4-2-1-3-10(11)12/h1-4,9,11,14H,5-8H2. The molecule has 0 saturated heterocycles. The van der Waals surface area contributed by atoms with Gasteiger partial charge in [0.1, 0.15) is 5.78 Å². The van der Waals surface area contributed by atoms with Crippen LogP contribution in [0.3, 0.4) is 0 Å².